The zero-order valence-corrected chi connectivity index (χ0v) is 42.0. The van der Waals surface area contributed by atoms with Crippen LogP contribution in [0.25, 0.3) is 0 Å². The number of allylic oxidation sites excluding steroid dienone is 7. The Morgan fingerprint density at radius 3 is 2.10 bits per heavy atom. The van der Waals surface area contributed by atoms with Gasteiger partial charge in [0, 0.05) is 19.0 Å². The molecule has 2 unspecified atom stereocenters. The molecule has 0 radical (unpaired) electrons. The first-order valence-corrected chi connectivity index (χ1v) is 27.1. The number of phosphoric ester groups is 2. The number of anilines is 1. The van der Waals surface area contributed by atoms with E-state index in [0.717, 1.165) is 74.5 Å². The number of carbonyl (C=O) groups excluding carboxylic acids is 2. The average Bonchev–Trinajstić information content (AvgIpc) is 3.55. The number of hydrogen-bond acceptors (Lipinski definition) is 16. The number of nitrogens with two attached hydrogens (primary N) is 1. The number of aliphatic hydroxyl groups is 3. The molecule has 388 valence electrons. The lowest BCUT2D eigenvalue weighted by atomic mass is 10.0. The Kier molecular flexibility index (Phi) is 31.2. The monoisotopic (exact) mass is 1000 g/mol. The van der Waals surface area contributed by atoms with Crippen molar-refractivity contribution in [3.8, 4) is 0 Å². The van der Waals surface area contributed by atoms with Crippen LogP contribution >= 0.6 is 15.6 Å². The van der Waals surface area contributed by atoms with Crippen molar-refractivity contribution in [2.24, 2.45) is 5.92 Å². The molecule has 1 aliphatic heterocycles. The van der Waals surface area contributed by atoms with E-state index in [-0.39, 0.29) is 18.7 Å². The van der Waals surface area contributed by atoms with Gasteiger partial charge in [-0.25, -0.2) is 13.9 Å². The topological polar surface area (TPSA) is 286 Å². The average molecular weight is 1000 g/mol. The van der Waals surface area contributed by atoms with Crippen LogP contribution in [0.15, 0.2) is 65.7 Å². The number of aromatic nitrogens is 2. The summed E-state index contributed by atoms with van der Waals surface area (Å²) in [6, 6.07) is 1.24. The second-order valence-electron chi connectivity index (χ2n) is 17.3. The molecule has 0 spiro atoms. The molecule has 1 aromatic heterocycles. The maximum Gasteiger partial charge on any atom is 0.481 e. The maximum atomic E-state index is 12.8. The summed E-state index contributed by atoms with van der Waals surface area (Å²) in [4.78, 5) is 61.7. The zero-order chi connectivity index (χ0) is 50.2. The molecule has 1 aliphatic rings. The summed E-state index contributed by atoms with van der Waals surface area (Å²) in [6.45, 7) is 4.21. The van der Waals surface area contributed by atoms with Crippen LogP contribution in [0.2, 0.25) is 0 Å². The van der Waals surface area contributed by atoms with E-state index in [2.05, 4.69) is 30.1 Å². The number of unbranched alkanes of at least 4 members (excludes halogenated alkanes) is 11. The third kappa shape index (κ3) is 28.4. The van der Waals surface area contributed by atoms with E-state index >= 15 is 0 Å². The van der Waals surface area contributed by atoms with Crippen molar-refractivity contribution in [2.75, 3.05) is 25.6 Å². The molecule has 0 saturated carbocycles. The van der Waals surface area contributed by atoms with Crippen LogP contribution < -0.4 is 11.4 Å². The minimum Gasteiger partial charge on any atom is -0.462 e. The molecule has 0 aromatic carbocycles. The molecule has 68 heavy (non-hydrogen) atoms. The largest absolute Gasteiger partial charge is 0.481 e. The van der Waals surface area contributed by atoms with Gasteiger partial charge in [0.15, 0.2) is 12.3 Å². The Balaban J connectivity index is 1.85. The molecular weight excluding hydrogens is 924 g/mol. The summed E-state index contributed by atoms with van der Waals surface area (Å²) in [5.41, 5.74) is 4.57. The molecule has 1 aromatic rings. The Hall–Kier alpha value is -3.32. The maximum absolute atomic E-state index is 12.8. The van der Waals surface area contributed by atoms with E-state index in [9.17, 15) is 48.6 Å². The van der Waals surface area contributed by atoms with Gasteiger partial charge in [0.05, 0.1) is 19.3 Å². The molecule has 2 rings (SSSR count). The first-order valence-electron chi connectivity index (χ1n) is 24.1. The van der Waals surface area contributed by atoms with Crippen molar-refractivity contribution in [3.05, 3.63) is 71.4 Å². The smallest absolute Gasteiger partial charge is 0.462 e. The first-order chi connectivity index (χ1) is 32.4. The highest BCUT2D eigenvalue weighted by molar-refractivity contribution is 7.61. The van der Waals surface area contributed by atoms with Crippen molar-refractivity contribution >= 4 is 33.4 Å². The normalized spacial score (nSPS) is 20.4. The molecule has 2 heterocycles. The minimum absolute atomic E-state index is 0.0283. The van der Waals surface area contributed by atoms with Crippen molar-refractivity contribution in [1.29, 1.82) is 0 Å². The summed E-state index contributed by atoms with van der Waals surface area (Å²) >= 11 is 0. The van der Waals surface area contributed by atoms with E-state index < -0.39 is 89.8 Å². The second-order valence-corrected chi connectivity index (χ2v) is 20.3. The van der Waals surface area contributed by atoms with E-state index in [1.165, 1.54) is 38.2 Å². The molecule has 1 fully saturated rings. The van der Waals surface area contributed by atoms with Crippen LogP contribution in [0.5, 0.6) is 0 Å². The van der Waals surface area contributed by atoms with E-state index in [0.29, 0.717) is 25.7 Å². The van der Waals surface area contributed by atoms with Gasteiger partial charge in [-0.15, -0.1) is 0 Å². The fourth-order valence-electron chi connectivity index (χ4n) is 6.89. The van der Waals surface area contributed by atoms with Crippen LogP contribution in [-0.2, 0) is 46.3 Å². The van der Waals surface area contributed by atoms with Crippen LogP contribution in [0.1, 0.15) is 155 Å². The molecule has 21 heteroatoms. The number of carbonyl (C=O) groups is 2. The third-order valence-corrected chi connectivity index (χ3v) is 13.3. The molecule has 1 saturated heterocycles. The summed E-state index contributed by atoms with van der Waals surface area (Å²) < 4.78 is 56.6. The standard InChI is InChI=1S/C47H79N3O16P2/c1-4-5-22-28-38(51)29-24-19-15-11-7-6-8-12-16-20-25-30-42(52)61-34-39(64-43(53)31-26-21-17-13-9-10-14-18-23-27-37(2)3)35-62-67(57,58)66-68(59,60)63-36-40-44(54)45(55)46(65-40)50-33-32-41(48)49-47(50)56/h6-7,12,15-16,19,24,29,32-33,37-40,44-46,51,54-55H,4-5,8-11,13-14,17-18,20-23,25-28,30-31,34-36H2,1-3H3,(H,57,58)(H,59,60)(H2,48,49,56)/b7-6-,16-12-,19-15-,29-24+/t38-,39-,40-,44-,45-,46-/m1/s1. The predicted octanol–water partition coefficient (Wildman–Crippen LogP) is 8.21. The third-order valence-electron chi connectivity index (χ3n) is 10.7. The SMILES string of the molecule is CCCCC[C@@H](O)/C=C/C=C\C/C=C\C/C=C\CCCC(=O)OC[C@H](COP(=O)(O)OP(=O)(O)OC[C@H]1O[C@@H](n2ccc(N)nc2=O)[C@H](O)[C@@H]1O)OC(=O)CCCCCCCCCCCC(C)C. The molecule has 0 bridgehead atoms. The lowest BCUT2D eigenvalue weighted by molar-refractivity contribution is -0.161. The number of nitrogen functional groups attached to an aromatic ring is 1. The van der Waals surface area contributed by atoms with Crippen LogP contribution in [0, 0.1) is 5.92 Å². The highest BCUT2D eigenvalue weighted by Gasteiger charge is 2.46. The van der Waals surface area contributed by atoms with Gasteiger partial charge in [0.25, 0.3) is 0 Å². The lowest BCUT2D eigenvalue weighted by Crippen LogP contribution is -2.36. The number of ether oxygens (including phenoxy) is 3. The van der Waals surface area contributed by atoms with Gasteiger partial charge < -0.3 is 45.1 Å². The van der Waals surface area contributed by atoms with Crippen molar-refractivity contribution in [2.45, 2.75) is 186 Å². The fraction of sp³-hybridized carbons (Fsp3) is 0.702. The van der Waals surface area contributed by atoms with E-state index in [1.807, 2.05) is 42.5 Å². The number of rotatable bonds is 38. The van der Waals surface area contributed by atoms with E-state index in [1.54, 1.807) is 6.08 Å². The Labute approximate surface area is 402 Å². The van der Waals surface area contributed by atoms with Gasteiger partial charge in [0.1, 0.15) is 30.7 Å². The minimum atomic E-state index is -5.44. The Bertz CT molecular complexity index is 1860. The lowest BCUT2D eigenvalue weighted by Gasteiger charge is -2.21. The summed E-state index contributed by atoms with van der Waals surface area (Å²) in [6.07, 6.45) is 25.5. The summed E-state index contributed by atoms with van der Waals surface area (Å²) in [5, 5.41) is 30.8. The van der Waals surface area contributed by atoms with E-state index in [4.69, 9.17) is 29.0 Å². The van der Waals surface area contributed by atoms with Crippen LogP contribution in [0.3, 0.4) is 0 Å². The number of hydrogen-bond donors (Lipinski definition) is 6. The van der Waals surface area contributed by atoms with Gasteiger partial charge in [0.2, 0.25) is 0 Å². The second kappa shape index (κ2) is 34.9. The predicted molar refractivity (Wildman–Crippen MR) is 258 cm³/mol. The number of nitrogens with zero attached hydrogens (tertiary/aromatic N) is 2. The Morgan fingerprint density at radius 1 is 0.809 bits per heavy atom. The Morgan fingerprint density at radius 2 is 1.43 bits per heavy atom. The van der Waals surface area contributed by atoms with Gasteiger partial charge in [-0.1, -0.05) is 146 Å². The van der Waals surface area contributed by atoms with Gasteiger partial charge in [-0.05, 0) is 50.5 Å². The summed E-state index contributed by atoms with van der Waals surface area (Å²) in [7, 11) is -10.9. The molecule has 0 amide bonds. The molecule has 7 N–H and O–H groups in total. The first kappa shape index (κ1) is 60.8. The van der Waals surface area contributed by atoms with Crippen molar-refractivity contribution in [3.63, 3.8) is 0 Å². The summed E-state index contributed by atoms with van der Waals surface area (Å²) in [5.74, 6) is -0.674. The molecule has 19 nitrogen and oxygen atoms in total. The highest BCUT2D eigenvalue weighted by Crippen LogP contribution is 2.60. The van der Waals surface area contributed by atoms with Crippen molar-refractivity contribution in [1.82, 2.24) is 9.55 Å². The zero-order valence-electron chi connectivity index (χ0n) is 40.2. The van der Waals surface area contributed by atoms with Gasteiger partial charge >= 0.3 is 33.3 Å². The fourth-order valence-corrected chi connectivity index (χ4v) is 9.00. The van der Waals surface area contributed by atoms with Crippen LogP contribution in [0.4, 0.5) is 5.82 Å². The highest BCUT2D eigenvalue weighted by atomic mass is 31.3. The number of phosphoric acid groups is 2. The number of aliphatic hydroxyl groups excluding tert-OH is 3. The van der Waals surface area contributed by atoms with Crippen LogP contribution in [-0.4, -0.2) is 96.9 Å². The number of esters is 2. The van der Waals surface area contributed by atoms with Gasteiger partial charge in [-0.2, -0.15) is 9.29 Å². The van der Waals surface area contributed by atoms with Gasteiger partial charge in [-0.3, -0.25) is 23.2 Å². The molecular formula is C47H79N3O16P2. The quantitative estimate of drug-likeness (QED) is 0.0120. The van der Waals surface area contributed by atoms with Crippen molar-refractivity contribution < 1.29 is 71.4 Å². The molecule has 0 aliphatic carbocycles. The molecule has 8 atom stereocenters.